The van der Waals surface area contributed by atoms with Gasteiger partial charge < -0.3 is 4.90 Å². The quantitative estimate of drug-likeness (QED) is 0.783. The summed E-state index contributed by atoms with van der Waals surface area (Å²) in [6.45, 7) is 2.27. The zero-order chi connectivity index (χ0) is 9.97. The van der Waals surface area contributed by atoms with Crippen molar-refractivity contribution in [1.82, 2.24) is 0 Å². The van der Waals surface area contributed by atoms with Gasteiger partial charge in [-0.05, 0) is 41.3 Å². The maximum absolute atomic E-state index is 8.84. The molecule has 0 radical (unpaired) electrons. The first-order valence-corrected chi connectivity index (χ1v) is 6.36. The highest BCUT2D eigenvalue weighted by Crippen LogP contribution is 2.34. The average molecular weight is 271 g/mol. The highest BCUT2D eigenvalue weighted by molar-refractivity contribution is 9.10. The fraction of sp³-hybridized carbons (Fsp3) is 0.500. The van der Waals surface area contributed by atoms with E-state index in [0.717, 1.165) is 22.4 Å². The third kappa shape index (κ3) is 1.94. The standard InChI is InChI=1S/C10H11BrN2S/c11-8-6-10(14-9(8)7-12)13-4-2-1-3-5-13/h6H,1-5H2. The molecule has 0 aliphatic carbocycles. The number of rotatable bonds is 1. The molecule has 0 saturated carbocycles. The summed E-state index contributed by atoms with van der Waals surface area (Å²) in [6.07, 6.45) is 3.89. The molecule has 0 aromatic carbocycles. The van der Waals surface area contributed by atoms with Crippen molar-refractivity contribution in [2.75, 3.05) is 18.0 Å². The molecule has 4 heteroatoms. The Labute approximate surface area is 96.3 Å². The zero-order valence-corrected chi connectivity index (χ0v) is 10.2. The zero-order valence-electron chi connectivity index (χ0n) is 7.79. The van der Waals surface area contributed by atoms with E-state index in [1.54, 1.807) is 11.3 Å². The molecule has 2 nitrogen and oxygen atoms in total. The summed E-state index contributed by atoms with van der Waals surface area (Å²) in [6, 6.07) is 4.26. The number of nitriles is 1. The van der Waals surface area contributed by atoms with E-state index in [-0.39, 0.29) is 0 Å². The molecule has 14 heavy (non-hydrogen) atoms. The van der Waals surface area contributed by atoms with Crippen LogP contribution < -0.4 is 4.90 Å². The van der Waals surface area contributed by atoms with Crippen LogP contribution in [-0.4, -0.2) is 13.1 Å². The summed E-state index contributed by atoms with van der Waals surface area (Å²) in [5.41, 5.74) is 0. The van der Waals surface area contributed by atoms with Gasteiger partial charge in [-0.3, -0.25) is 0 Å². The molecule has 1 aromatic rings. The van der Waals surface area contributed by atoms with Gasteiger partial charge in [-0.1, -0.05) is 0 Å². The SMILES string of the molecule is N#Cc1sc(N2CCCCC2)cc1Br. The van der Waals surface area contributed by atoms with Crippen LogP contribution in [0.3, 0.4) is 0 Å². The van der Waals surface area contributed by atoms with E-state index in [4.69, 9.17) is 5.26 Å². The Kier molecular flexibility index (Phi) is 3.09. The van der Waals surface area contributed by atoms with Crippen molar-refractivity contribution in [3.8, 4) is 6.07 Å². The van der Waals surface area contributed by atoms with Crippen LogP contribution in [0.1, 0.15) is 24.1 Å². The second-order valence-corrected chi connectivity index (χ2v) is 5.31. The Morgan fingerprint density at radius 2 is 2.07 bits per heavy atom. The number of thiophene rings is 1. The molecule has 0 atom stereocenters. The molecular formula is C10H11BrN2S. The highest BCUT2D eigenvalue weighted by Gasteiger charge is 2.15. The third-order valence-electron chi connectivity index (χ3n) is 2.44. The molecule has 1 aromatic heterocycles. The summed E-state index contributed by atoms with van der Waals surface area (Å²) in [4.78, 5) is 3.16. The van der Waals surface area contributed by atoms with E-state index in [1.165, 1.54) is 24.3 Å². The maximum Gasteiger partial charge on any atom is 0.121 e. The van der Waals surface area contributed by atoms with Gasteiger partial charge in [0.15, 0.2) is 0 Å². The number of anilines is 1. The lowest BCUT2D eigenvalue weighted by molar-refractivity contribution is 0.580. The summed E-state index contributed by atoms with van der Waals surface area (Å²) in [5, 5.41) is 10.1. The first kappa shape index (κ1) is 10.0. The first-order valence-electron chi connectivity index (χ1n) is 4.75. The van der Waals surface area contributed by atoms with Crippen molar-refractivity contribution in [2.24, 2.45) is 0 Å². The largest absolute Gasteiger partial charge is 0.363 e. The van der Waals surface area contributed by atoms with E-state index in [2.05, 4.69) is 33.0 Å². The van der Waals surface area contributed by atoms with Crippen LogP contribution in [0.25, 0.3) is 0 Å². The molecule has 74 valence electrons. The Morgan fingerprint density at radius 1 is 1.36 bits per heavy atom. The monoisotopic (exact) mass is 270 g/mol. The smallest absolute Gasteiger partial charge is 0.121 e. The van der Waals surface area contributed by atoms with Gasteiger partial charge >= 0.3 is 0 Å². The fourth-order valence-corrected chi connectivity index (χ4v) is 3.30. The molecule has 0 bridgehead atoms. The van der Waals surface area contributed by atoms with Crippen LogP contribution in [0.15, 0.2) is 10.5 Å². The van der Waals surface area contributed by atoms with Crippen LogP contribution in [0, 0.1) is 11.3 Å². The Balaban J connectivity index is 2.19. The van der Waals surface area contributed by atoms with E-state index < -0.39 is 0 Å². The van der Waals surface area contributed by atoms with Gasteiger partial charge in [0, 0.05) is 17.6 Å². The molecule has 1 saturated heterocycles. The fourth-order valence-electron chi connectivity index (χ4n) is 1.70. The first-order chi connectivity index (χ1) is 6.81. The van der Waals surface area contributed by atoms with Crippen molar-refractivity contribution in [3.05, 3.63) is 15.4 Å². The lowest BCUT2D eigenvalue weighted by Crippen LogP contribution is -2.28. The van der Waals surface area contributed by atoms with E-state index in [1.807, 2.05) is 0 Å². The van der Waals surface area contributed by atoms with Crippen molar-refractivity contribution >= 4 is 32.3 Å². The van der Waals surface area contributed by atoms with Crippen molar-refractivity contribution in [2.45, 2.75) is 19.3 Å². The van der Waals surface area contributed by atoms with Crippen molar-refractivity contribution in [1.29, 1.82) is 5.26 Å². The van der Waals surface area contributed by atoms with E-state index >= 15 is 0 Å². The molecule has 1 aliphatic heterocycles. The second-order valence-electron chi connectivity index (χ2n) is 3.42. The lowest BCUT2D eigenvalue weighted by atomic mass is 10.1. The molecule has 2 heterocycles. The third-order valence-corrected chi connectivity index (χ3v) is 4.43. The average Bonchev–Trinajstić information content (AvgIpc) is 2.61. The van der Waals surface area contributed by atoms with Crippen molar-refractivity contribution in [3.63, 3.8) is 0 Å². The van der Waals surface area contributed by atoms with Gasteiger partial charge in [0.2, 0.25) is 0 Å². The molecule has 0 unspecified atom stereocenters. The molecule has 2 rings (SSSR count). The Bertz CT molecular complexity index is 361. The number of piperidine rings is 1. The van der Waals surface area contributed by atoms with Gasteiger partial charge in [0.05, 0.1) is 5.00 Å². The van der Waals surface area contributed by atoms with Crippen LogP contribution in [0.4, 0.5) is 5.00 Å². The minimum absolute atomic E-state index is 0.783. The lowest BCUT2D eigenvalue weighted by Gasteiger charge is -2.26. The molecule has 0 spiro atoms. The van der Waals surface area contributed by atoms with Crippen LogP contribution >= 0.6 is 27.3 Å². The number of nitrogens with zero attached hydrogens (tertiary/aromatic N) is 2. The minimum Gasteiger partial charge on any atom is -0.363 e. The van der Waals surface area contributed by atoms with Crippen LogP contribution in [-0.2, 0) is 0 Å². The Morgan fingerprint density at radius 3 is 2.64 bits per heavy atom. The van der Waals surface area contributed by atoms with Gasteiger partial charge in [0.25, 0.3) is 0 Å². The number of hydrogen-bond donors (Lipinski definition) is 0. The van der Waals surface area contributed by atoms with Crippen molar-refractivity contribution < 1.29 is 0 Å². The molecular weight excluding hydrogens is 260 g/mol. The predicted octanol–water partition coefficient (Wildman–Crippen LogP) is 3.37. The summed E-state index contributed by atoms with van der Waals surface area (Å²) >= 11 is 4.99. The summed E-state index contributed by atoms with van der Waals surface area (Å²) in [5.74, 6) is 0. The second kappa shape index (κ2) is 4.33. The number of hydrogen-bond acceptors (Lipinski definition) is 3. The van der Waals surface area contributed by atoms with E-state index in [9.17, 15) is 0 Å². The van der Waals surface area contributed by atoms with Crippen LogP contribution in [0.2, 0.25) is 0 Å². The summed E-state index contributed by atoms with van der Waals surface area (Å²) < 4.78 is 0.936. The van der Waals surface area contributed by atoms with E-state index in [0.29, 0.717) is 0 Å². The molecule has 0 N–H and O–H groups in total. The number of halogens is 1. The topological polar surface area (TPSA) is 27.0 Å². The molecule has 0 amide bonds. The van der Waals surface area contributed by atoms with Gasteiger partial charge in [-0.2, -0.15) is 5.26 Å². The predicted molar refractivity (Wildman–Crippen MR) is 62.8 cm³/mol. The normalized spacial score (nSPS) is 16.7. The van der Waals surface area contributed by atoms with Gasteiger partial charge in [-0.15, -0.1) is 11.3 Å². The highest BCUT2D eigenvalue weighted by atomic mass is 79.9. The van der Waals surface area contributed by atoms with Gasteiger partial charge in [-0.25, -0.2) is 0 Å². The molecule has 1 aliphatic rings. The Hall–Kier alpha value is -0.530. The summed E-state index contributed by atoms with van der Waals surface area (Å²) in [7, 11) is 0. The van der Waals surface area contributed by atoms with Gasteiger partial charge in [0.1, 0.15) is 10.9 Å². The molecule has 1 fully saturated rings. The van der Waals surface area contributed by atoms with Crippen LogP contribution in [0.5, 0.6) is 0 Å². The maximum atomic E-state index is 8.84. The minimum atomic E-state index is 0.783.